The molecule has 1 aliphatic rings. The molecule has 1 aromatic carbocycles. The third-order valence-electron chi connectivity index (χ3n) is 4.86. The van der Waals surface area contributed by atoms with Gasteiger partial charge < -0.3 is 10.3 Å². The number of rotatable bonds is 1. The number of nitrogens with one attached hydrogen (secondary N) is 2. The number of aromatic amines is 1. The first-order valence-electron chi connectivity index (χ1n) is 8.67. The van der Waals surface area contributed by atoms with Crippen molar-refractivity contribution in [1.29, 1.82) is 0 Å². The van der Waals surface area contributed by atoms with Gasteiger partial charge in [-0.15, -0.1) is 0 Å². The van der Waals surface area contributed by atoms with E-state index in [-0.39, 0.29) is 5.82 Å². The maximum atomic E-state index is 13.9. The Balaban J connectivity index is 1.83. The number of anilines is 2. The first kappa shape index (κ1) is 15.7. The van der Waals surface area contributed by atoms with E-state index in [1.165, 1.54) is 12.1 Å². The molecular weight excluding hydrogens is 341 g/mol. The average Bonchev–Trinajstić information content (AvgIpc) is 3.02. The van der Waals surface area contributed by atoms with Gasteiger partial charge in [0.15, 0.2) is 0 Å². The Morgan fingerprint density at radius 2 is 1.85 bits per heavy atom. The fourth-order valence-electron chi connectivity index (χ4n) is 3.59. The van der Waals surface area contributed by atoms with Gasteiger partial charge in [0.2, 0.25) is 0 Å². The number of fused-ring (bicyclic) bond motifs is 5. The number of H-pyrrole nitrogens is 1. The molecule has 3 aromatic heterocycles. The second-order valence-corrected chi connectivity index (χ2v) is 6.61. The van der Waals surface area contributed by atoms with Crippen molar-refractivity contribution in [2.45, 2.75) is 13.8 Å². The van der Waals surface area contributed by atoms with Gasteiger partial charge in [-0.25, -0.2) is 14.4 Å². The molecule has 5 rings (SSSR count). The molecule has 0 amide bonds. The van der Waals surface area contributed by atoms with E-state index in [2.05, 4.69) is 20.3 Å². The lowest BCUT2D eigenvalue weighted by atomic mass is 10.1. The molecule has 2 N–H and O–H groups in total. The summed E-state index contributed by atoms with van der Waals surface area (Å²) in [6.45, 7) is 4.01. The lowest BCUT2D eigenvalue weighted by Crippen LogP contribution is -1.97. The Morgan fingerprint density at radius 3 is 2.70 bits per heavy atom. The fraction of sp³-hybridized carbons (Fsp3) is 0.0952. The molecule has 0 saturated carbocycles. The van der Waals surface area contributed by atoms with E-state index < -0.39 is 0 Å². The summed E-state index contributed by atoms with van der Waals surface area (Å²) in [5.41, 5.74) is 6.96. The van der Waals surface area contributed by atoms with E-state index >= 15 is 0 Å². The first-order chi connectivity index (χ1) is 13.1. The summed E-state index contributed by atoms with van der Waals surface area (Å²) in [7, 11) is 0. The van der Waals surface area contributed by atoms with Crippen LogP contribution in [0.15, 0.2) is 48.8 Å². The fourth-order valence-corrected chi connectivity index (χ4v) is 3.59. The summed E-state index contributed by atoms with van der Waals surface area (Å²) >= 11 is 0. The number of nitrogens with zero attached hydrogens (tertiary/aromatic N) is 3. The maximum absolute atomic E-state index is 13.9. The van der Waals surface area contributed by atoms with Gasteiger partial charge in [-0.05, 0) is 55.8 Å². The molecule has 132 valence electrons. The largest absolute Gasteiger partial charge is 0.339 e. The van der Waals surface area contributed by atoms with Crippen LogP contribution in [0.3, 0.4) is 0 Å². The van der Waals surface area contributed by atoms with Crippen LogP contribution < -0.4 is 5.32 Å². The topological polar surface area (TPSA) is 66.5 Å². The van der Waals surface area contributed by atoms with Gasteiger partial charge in [0.25, 0.3) is 0 Å². The van der Waals surface area contributed by atoms with Crippen molar-refractivity contribution in [2.75, 3.05) is 5.32 Å². The first-order valence-corrected chi connectivity index (χ1v) is 8.67. The van der Waals surface area contributed by atoms with Gasteiger partial charge in [0.05, 0.1) is 17.1 Å². The zero-order chi connectivity index (χ0) is 18.5. The van der Waals surface area contributed by atoms with Crippen LogP contribution in [0.4, 0.5) is 15.9 Å². The standard InChI is InChI=1S/C21H16FN5/c1-11-7-9-23-12(2)17(11)21-26-18-14-6-5-13(22)10-16(14)25-20-15(19(18)27-21)4-3-8-24-20/h3-10H,1-2H3,(H,24,25)(H,26,27). The average molecular weight is 357 g/mol. The monoisotopic (exact) mass is 357 g/mol. The number of hydrogen-bond acceptors (Lipinski definition) is 4. The second-order valence-electron chi connectivity index (χ2n) is 6.61. The van der Waals surface area contributed by atoms with Crippen molar-refractivity contribution in [2.24, 2.45) is 0 Å². The Hall–Kier alpha value is -3.54. The third-order valence-corrected chi connectivity index (χ3v) is 4.86. The van der Waals surface area contributed by atoms with Crippen molar-refractivity contribution in [3.8, 4) is 33.9 Å². The highest BCUT2D eigenvalue weighted by Crippen LogP contribution is 2.43. The molecule has 0 spiro atoms. The summed E-state index contributed by atoms with van der Waals surface area (Å²) in [4.78, 5) is 17.2. The molecule has 5 nitrogen and oxygen atoms in total. The molecule has 0 atom stereocenters. The van der Waals surface area contributed by atoms with Crippen LogP contribution in [0.25, 0.3) is 33.9 Å². The molecule has 0 fully saturated rings. The van der Waals surface area contributed by atoms with E-state index in [1.54, 1.807) is 18.5 Å². The van der Waals surface area contributed by atoms with Gasteiger partial charge in [-0.2, -0.15) is 0 Å². The molecule has 0 saturated heterocycles. The van der Waals surface area contributed by atoms with E-state index in [4.69, 9.17) is 4.98 Å². The van der Waals surface area contributed by atoms with Gasteiger partial charge in [-0.3, -0.25) is 4.98 Å². The van der Waals surface area contributed by atoms with Crippen molar-refractivity contribution < 1.29 is 4.39 Å². The predicted molar refractivity (Wildman–Crippen MR) is 103 cm³/mol. The second kappa shape index (κ2) is 5.74. The quantitative estimate of drug-likeness (QED) is 0.442. The maximum Gasteiger partial charge on any atom is 0.140 e. The molecule has 6 heteroatoms. The highest BCUT2D eigenvalue weighted by molar-refractivity contribution is 5.95. The number of hydrogen-bond donors (Lipinski definition) is 2. The van der Waals surface area contributed by atoms with Crippen LogP contribution >= 0.6 is 0 Å². The van der Waals surface area contributed by atoms with Crippen LogP contribution in [0, 0.1) is 19.7 Å². The minimum atomic E-state index is -0.308. The van der Waals surface area contributed by atoms with Gasteiger partial charge in [0.1, 0.15) is 17.5 Å². The lowest BCUT2D eigenvalue weighted by Gasteiger charge is -2.09. The SMILES string of the molecule is Cc1ccnc(C)c1-c1nc2c([nH]1)-c1cccnc1Nc1cc(F)ccc1-2. The van der Waals surface area contributed by atoms with E-state index in [1.807, 2.05) is 32.0 Å². The van der Waals surface area contributed by atoms with Crippen LogP contribution in [-0.2, 0) is 0 Å². The molecule has 4 aromatic rings. The van der Waals surface area contributed by atoms with E-state index in [0.29, 0.717) is 11.5 Å². The third kappa shape index (κ3) is 2.41. The normalized spacial score (nSPS) is 11.8. The molecule has 0 unspecified atom stereocenters. The molecule has 1 aliphatic heterocycles. The van der Waals surface area contributed by atoms with Crippen molar-refractivity contribution in [1.82, 2.24) is 19.9 Å². The van der Waals surface area contributed by atoms with Crippen molar-refractivity contribution in [3.05, 3.63) is 65.9 Å². The minimum absolute atomic E-state index is 0.308. The van der Waals surface area contributed by atoms with Gasteiger partial charge in [-0.1, -0.05) is 0 Å². The summed E-state index contributed by atoms with van der Waals surface area (Å²) in [6, 6.07) is 10.5. The lowest BCUT2D eigenvalue weighted by molar-refractivity contribution is 0.628. The van der Waals surface area contributed by atoms with Gasteiger partial charge in [0, 0.05) is 34.8 Å². The zero-order valence-electron chi connectivity index (χ0n) is 14.8. The van der Waals surface area contributed by atoms with Crippen LogP contribution in [0.2, 0.25) is 0 Å². The summed E-state index contributed by atoms with van der Waals surface area (Å²) in [6.07, 6.45) is 3.51. The highest BCUT2D eigenvalue weighted by Gasteiger charge is 2.25. The van der Waals surface area contributed by atoms with Crippen LogP contribution in [0.5, 0.6) is 0 Å². The van der Waals surface area contributed by atoms with E-state index in [9.17, 15) is 4.39 Å². The molecular formula is C21H16FN5. The number of benzene rings is 1. The number of pyridine rings is 2. The summed E-state index contributed by atoms with van der Waals surface area (Å²) in [5, 5.41) is 3.24. The Bertz CT molecular complexity index is 1170. The molecule has 4 heterocycles. The molecule has 0 aliphatic carbocycles. The predicted octanol–water partition coefficient (Wildman–Crippen LogP) is 5.01. The number of imidazole rings is 1. The number of aryl methyl sites for hydroxylation is 2. The van der Waals surface area contributed by atoms with E-state index in [0.717, 1.165) is 45.2 Å². The van der Waals surface area contributed by atoms with Crippen molar-refractivity contribution >= 4 is 11.5 Å². The van der Waals surface area contributed by atoms with Gasteiger partial charge >= 0.3 is 0 Å². The Labute approximate surface area is 155 Å². The summed E-state index contributed by atoms with van der Waals surface area (Å²) in [5.74, 6) is 1.10. The Morgan fingerprint density at radius 1 is 0.963 bits per heavy atom. The summed E-state index contributed by atoms with van der Waals surface area (Å²) < 4.78 is 13.9. The number of halogens is 1. The smallest absolute Gasteiger partial charge is 0.140 e. The minimum Gasteiger partial charge on any atom is -0.339 e. The molecule has 0 radical (unpaired) electrons. The van der Waals surface area contributed by atoms with Crippen LogP contribution in [0.1, 0.15) is 11.3 Å². The molecule has 0 bridgehead atoms. The Kier molecular flexibility index (Phi) is 3.33. The van der Waals surface area contributed by atoms with Crippen LogP contribution in [-0.4, -0.2) is 19.9 Å². The zero-order valence-corrected chi connectivity index (χ0v) is 14.8. The number of aromatic nitrogens is 4. The highest BCUT2D eigenvalue weighted by atomic mass is 19.1. The molecule has 27 heavy (non-hydrogen) atoms. The van der Waals surface area contributed by atoms with Crippen molar-refractivity contribution in [3.63, 3.8) is 0 Å².